The van der Waals surface area contributed by atoms with Crippen molar-refractivity contribution in [2.45, 2.75) is 11.3 Å². The van der Waals surface area contributed by atoms with Crippen molar-refractivity contribution in [3.63, 3.8) is 0 Å². The van der Waals surface area contributed by atoms with Gasteiger partial charge < -0.3 is 49.3 Å². The first-order valence-electron chi connectivity index (χ1n) is 18.7. The fourth-order valence-electron chi connectivity index (χ4n) is 6.79. The number of benzene rings is 2. The van der Waals surface area contributed by atoms with Crippen molar-refractivity contribution in [2.24, 2.45) is 28.2 Å². The molecule has 17 nitrogen and oxygen atoms in total. The molecule has 0 fully saturated rings. The second kappa shape index (κ2) is 17.0. The van der Waals surface area contributed by atoms with Gasteiger partial charge in [0.2, 0.25) is 0 Å². The monoisotopic (exact) mass is 823 g/mol. The fraction of sp³-hybridized carbons (Fsp3) is 0.268. The Balaban J connectivity index is 1.08. The Morgan fingerprint density at radius 3 is 1.47 bits per heavy atom. The highest BCUT2D eigenvalue weighted by molar-refractivity contribution is 7.93. The van der Waals surface area contributed by atoms with Gasteiger partial charge in [-0.25, -0.2) is 8.42 Å². The van der Waals surface area contributed by atoms with Gasteiger partial charge in [0.05, 0.1) is 27.6 Å². The molecule has 0 bridgehead atoms. The molecule has 59 heavy (non-hydrogen) atoms. The van der Waals surface area contributed by atoms with Gasteiger partial charge in [0.1, 0.15) is 22.8 Å². The average Bonchev–Trinajstić information content (AvgIpc) is 3.93. The predicted molar refractivity (Wildman–Crippen MR) is 230 cm³/mol. The molecule has 0 saturated heterocycles. The minimum Gasteiger partial charge on any atom is -0.377 e. The third-order valence-corrected chi connectivity index (χ3v) is 11.1. The van der Waals surface area contributed by atoms with Crippen molar-refractivity contribution in [3.05, 3.63) is 108 Å². The summed E-state index contributed by atoms with van der Waals surface area (Å²) in [6.45, 7) is 1.37. The number of carbonyl (C=O) groups is 4. The molecular formula is C41H49N11O6S. The molecule has 18 heteroatoms. The van der Waals surface area contributed by atoms with Crippen molar-refractivity contribution in [1.82, 2.24) is 28.5 Å². The average molecular weight is 824 g/mol. The first-order valence-corrected chi connectivity index (χ1v) is 20.1. The number of anilines is 5. The van der Waals surface area contributed by atoms with E-state index in [1.165, 1.54) is 35.0 Å². The molecule has 4 heterocycles. The lowest BCUT2D eigenvalue weighted by Gasteiger charge is -2.17. The molecule has 0 aliphatic rings. The van der Waals surface area contributed by atoms with Gasteiger partial charge in [0.25, 0.3) is 33.7 Å². The van der Waals surface area contributed by atoms with Gasteiger partial charge in [-0.2, -0.15) is 0 Å². The van der Waals surface area contributed by atoms with Gasteiger partial charge in [-0.05, 0) is 63.5 Å². The number of fused-ring (bicyclic) bond motifs is 1. The number of rotatable bonds is 15. The van der Waals surface area contributed by atoms with Crippen molar-refractivity contribution < 1.29 is 27.6 Å². The summed E-state index contributed by atoms with van der Waals surface area (Å²) < 4.78 is 36.1. The Morgan fingerprint density at radius 2 is 1.00 bits per heavy atom. The third-order valence-electron chi connectivity index (χ3n) is 9.67. The Bertz CT molecular complexity index is 2680. The molecule has 0 spiro atoms. The Kier molecular flexibility index (Phi) is 12.0. The zero-order chi connectivity index (χ0) is 42.8. The predicted octanol–water partition coefficient (Wildman–Crippen LogP) is 4.50. The lowest BCUT2D eigenvalue weighted by Crippen LogP contribution is -2.28. The van der Waals surface area contributed by atoms with E-state index >= 15 is 0 Å². The van der Waals surface area contributed by atoms with Crippen molar-refractivity contribution in [3.8, 4) is 0 Å². The normalized spacial score (nSPS) is 11.5. The standard InChI is InChI=1S/C41H49N11O6S/c1-47(2)17-11-16-42-38(53)33-18-26(22-49(33)5)43-39(54)34-19-27(23-50(34)6)44-40(55)35-20-28(24-51(35)7)45-41(56)36-21-29(25-52(36)8)46-59(57,58)37-15-10-12-30-31(37)13-9-14-32(30)48(3)4/h9-10,12-15,18-25,46H,11,16-17H2,1-8H3,(H,42,53)(H,43,54)(H,44,55)(H,45,56). The molecular weight excluding hydrogens is 775 g/mol. The minimum absolute atomic E-state index is 0.105. The molecule has 4 amide bonds. The van der Waals surface area contributed by atoms with Crippen LogP contribution in [0.15, 0.2) is 90.3 Å². The van der Waals surface area contributed by atoms with Crippen molar-refractivity contribution in [1.29, 1.82) is 0 Å². The molecule has 2 aromatic carbocycles. The molecule has 0 unspecified atom stereocenters. The van der Waals surface area contributed by atoms with Crippen LogP contribution in [0.3, 0.4) is 0 Å². The van der Waals surface area contributed by atoms with E-state index in [2.05, 4.69) is 26.0 Å². The number of nitrogens with zero attached hydrogens (tertiary/aromatic N) is 6. The quantitative estimate of drug-likeness (QED) is 0.0937. The maximum atomic E-state index is 13.6. The van der Waals surface area contributed by atoms with Gasteiger partial charge in [-0.15, -0.1) is 0 Å². The Labute approximate surface area is 342 Å². The maximum Gasteiger partial charge on any atom is 0.272 e. The summed E-state index contributed by atoms with van der Waals surface area (Å²) in [6, 6.07) is 16.7. The number of hydrogen-bond donors (Lipinski definition) is 5. The second-order valence-corrected chi connectivity index (χ2v) is 16.5. The number of nitrogens with one attached hydrogen (secondary N) is 5. The number of aryl methyl sites for hydroxylation is 4. The summed E-state index contributed by atoms with van der Waals surface area (Å²) in [4.78, 5) is 56.8. The van der Waals surface area contributed by atoms with E-state index in [9.17, 15) is 27.6 Å². The van der Waals surface area contributed by atoms with Crippen LogP contribution in [0.1, 0.15) is 48.4 Å². The molecule has 310 valence electrons. The van der Waals surface area contributed by atoms with E-state index in [0.29, 0.717) is 34.7 Å². The zero-order valence-corrected chi connectivity index (χ0v) is 35.1. The summed E-state index contributed by atoms with van der Waals surface area (Å²) in [6.07, 6.45) is 7.13. The van der Waals surface area contributed by atoms with E-state index < -0.39 is 27.7 Å². The van der Waals surface area contributed by atoms with E-state index in [1.807, 2.05) is 50.1 Å². The summed E-state index contributed by atoms with van der Waals surface area (Å²) in [7, 11) is 10.3. The number of carbonyl (C=O) groups excluding carboxylic acids is 4. The summed E-state index contributed by atoms with van der Waals surface area (Å²) in [5, 5.41) is 12.6. The maximum absolute atomic E-state index is 13.6. The molecule has 4 aromatic heterocycles. The SMILES string of the molecule is CN(C)CCCNC(=O)c1cc(NC(=O)c2cc(NC(=O)c3cc(NC(=O)c4cc(NS(=O)(=O)c5cccc6c(N(C)C)cccc56)cn4C)cn3C)cn2C)cn1C. The molecule has 0 aliphatic carbocycles. The molecule has 0 radical (unpaired) electrons. The zero-order valence-electron chi connectivity index (χ0n) is 34.2. The number of hydrogen-bond acceptors (Lipinski definition) is 8. The third kappa shape index (κ3) is 9.34. The molecule has 6 rings (SSSR count). The van der Waals surface area contributed by atoms with Gasteiger partial charge in [-0.1, -0.05) is 24.3 Å². The van der Waals surface area contributed by atoms with Crippen molar-refractivity contribution >= 4 is 72.9 Å². The molecule has 0 aliphatic heterocycles. The van der Waals surface area contributed by atoms with E-state index in [0.717, 1.165) is 24.0 Å². The Morgan fingerprint density at radius 1 is 0.576 bits per heavy atom. The van der Waals surface area contributed by atoms with Crippen LogP contribution in [0.4, 0.5) is 28.4 Å². The highest BCUT2D eigenvalue weighted by Crippen LogP contribution is 2.31. The highest BCUT2D eigenvalue weighted by Gasteiger charge is 2.23. The van der Waals surface area contributed by atoms with Gasteiger partial charge >= 0.3 is 0 Å². The van der Waals surface area contributed by atoms with Gasteiger partial charge in [0, 0.05) is 90.1 Å². The smallest absolute Gasteiger partial charge is 0.272 e. The van der Waals surface area contributed by atoms with Gasteiger partial charge in [-0.3, -0.25) is 23.9 Å². The van der Waals surface area contributed by atoms with Crippen LogP contribution in [-0.2, 0) is 38.2 Å². The van der Waals surface area contributed by atoms with E-state index in [4.69, 9.17) is 0 Å². The second-order valence-electron chi connectivity index (χ2n) is 14.8. The van der Waals surface area contributed by atoms with Crippen LogP contribution in [0.2, 0.25) is 0 Å². The fourth-order valence-corrected chi connectivity index (χ4v) is 8.05. The van der Waals surface area contributed by atoms with Crippen LogP contribution >= 0.6 is 0 Å². The number of sulfonamides is 1. The summed E-state index contributed by atoms with van der Waals surface area (Å²) in [5.74, 6) is -1.70. The number of aromatic nitrogens is 4. The topological polar surface area (TPSA) is 189 Å². The molecule has 0 atom stereocenters. The molecule has 5 N–H and O–H groups in total. The molecule has 0 saturated carbocycles. The van der Waals surface area contributed by atoms with Gasteiger partial charge in [0.15, 0.2) is 0 Å². The summed E-state index contributed by atoms with van der Waals surface area (Å²) in [5.41, 5.74) is 3.26. The van der Waals surface area contributed by atoms with Crippen LogP contribution < -0.4 is 30.9 Å². The number of amides is 4. The van der Waals surface area contributed by atoms with Crippen LogP contribution in [0, 0.1) is 0 Å². The minimum atomic E-state index is -4.04. The summed E-state index contributed by atoms with van der Waals surface area (Å²) >= 11 is 0. The van der Waals surface area contributed by atoms with Crippen LogP contribution in [0.25, 0.3) is 10.8 Å². The van der Waals surface area contributed by atoms with Crippen LogP contribution in [-0.4, -0.2) is 96.5 Å². The van der Waals surface area contributed by atoms with Crippen LogP contribution in [0.5, 0.6) is 0 Å². The lowest BCUT2D eigenvalue weighted by atomic mass is 10.1. The highest BCUT2D eigenvalue weighted by atomic mass is 32.2. The molecule has 6 aromatic rings. The first-order chi connectivity index (χ1) is 27.9. The largest absolute Gasteiger partial charge is 0.377 e. The first kappa shape index (κ1) is 41.8. The van der Waals surface area contributed by atoms with Crippen molar-refractivity contribution in [2.75, 3.05) is 66.9 Å². The lowest BCUT2D eigenvalue weighted by molar-refractivity contribution is 0.0942. The van der Waals surface area contributed by atoms with E-state index in [1.54, 1.807) is 84.7 Å². The van der Waals surface area contributed by atoms with E-state index in [-0.39, 0.29) is 33.6 Å². The Hall–Kier alpha value is -6.79.